The summed E-state index contributed by atoms with van der Waals surface area (Å²) < 4.78 is 6.39. The summed E-state index contributed by atoms with van der Waals surface area (Å²) in [6, 6.07) is 14.9. The molecule has 2 aliphatic rings. The average Bonchev–Trinajstić information content (AvgIpc) is 3.34. The van der Waals surface area contributed by atoms with Crippen molar-refractivity contribution in [1.29, 1.82) is 0 Å². The first-order chi connectivity index (χ1) is 14.6. The van der Waals surface area contributed by atoms with E-state index in [9.17, 15) is 9.59 Å². The Morgan fingerprint density at radius 1 is 1.03 bits per heavy atom. The lowest BCUT2D eigenvalue weighted by Gasteiger charge is -2.34. The predicted molar refractivity (Wildman–Crippen MR) is 117 cm³/mol. The Balaban J connectivity index is 1.26. The molecule has 6 nitrogen and oxygen atoms in total. The Hall–Kier alpha value is -2.77. The number of piperidine rings is 1. The number of methoxy groups -OCH3 is 1. The van der Waals surface area contributed by atoms with Crippen LogP contribution in [0, 0.1) is 0 Å². The minimum absolute atomic E-state index is 0.122. The summed E-state index contributed by atoms with van der Waals surface area (Å²) in [5.74, 6) is 0.863. The fourth-order valence-corrected chi connectivity index (χ4v) is 5.56. The zero-order valence-corrected chi connectivity index (χ0v) is 17.6. The van der Waals surface area contributed by atoms with E-state index in [0.717, 1.165) is 31.4 Å². The number of nitrogens with zero attached hydrogens (tertiary/aromatic N) is 3. The Morgan fingerprint density at radius 3 is 2.47 bits per heavy atom. The van der Waals surface area contributed by atoms with Gasteiger partial charge in [-0.05, 0) is 62.3 Å². The second-order valence-corrected chi connectivity index (χ2v) is 8.88. The first kappa shape index (κ1) is 19.2. The van der Waals surface area contributed by atoms with E-state index in [-0.39, 0.29) is 24.3 Å². The SMILES string of the molecule is COc1ccc(N2C(=O)CC(N3CCC(c4nc5ccccc5s4)CC3)C2=O)cc1. The minimum atomic E-state index is -0.365. The number of aromatic nitrogens is 1. The van der Waals surface area contributed by atoms with Crippen molar-refractivity contribution in [2.75, 3.05) is 25.1 Å². The van der Waals surface area contributed by atoms with Crippen molar-refractivity contribution in [2.45, 2.75) is 31.2 Å². The van der Waals surface area contributed by atoms with E-state index in [1.807, 2.05) is 12.1 Å². The Morgan fingerprint density at radius 2 is 1.77 bits per heavy atom. The van der Waals surface area contributed by atoms with Gasteiger partial charge in [0.1, 0.15) is 5.75 Å². The van der Waals surface area contributed by atoms with Crippen LogP contribution in [0.1, 0.15) is 30.2 Å². The highest BCUT2D eigenvalue weighted by Crippen LogP contribution is 2.36. The van der Waals surface area contributed by atoms with Crippen molar-refractivity contribution < 1.29 is 14.3 Å². The van der Waals surface area contributed by atoms with Gasteiger partial charge in [-0.15, -0.1) is 11.3 Å². The van der Waals surface area contributed by atoms with Gasteiger partial charge in [0.25, 0.3) is 5.91 Å². The molecule has 7 heteroatoms. The molecule has 1 unspecified atom stereocenters. The average molecular weight is 422 g/mol. The summed E-state index contributed by atoms with van der Waals surface area (Å²) in [6.07, 6.45) is 2.16. The summed E-state index contributed by atoms with van der Waals surface area (Å²) >= 11 is 1.77. The predicted octanol–water partition coefficient (Wildman–Crippen LogP) is 3.82. The smallest absolute Gasteiger partial charge is 0.251 e. The number of rotatable bonds is 4. The minimum Gasteiger partial charge on any atom is -0.497 e. The number of fused-ring (bicyclic) bond motifs is 1. The second kappa shape index (κ2) is 7.81. The van der Waals surface area contributed by atoms with Crippen LogP contribution in [0.2, 0.25) is 0 Å². The lowest BCUT2D eigenvalue weighted by atomic mass is 9.96. The van der Waals surface area contributed by atoms with Crippen LogP contribution >= 0.6 is 11.3 Å². The molecule has 2 saturated heterocycles. The van der Waals surface area contributed by atoms with Gasteiger partial charge in [0.15, 0.2) is 0 Å². The maximum absolute atomic E-state index is 13.1. The molecule has 0 radical (unpaired) electrons. The quantitative estimate of drug-likeness (QED) is 0.600. The Labute approximate surface area is 179 Å². The number of hydrogen-bond acceptors (Lipinski definition) is 6. The molecule has 0 bridgehead atoms. The molecule has 0 saturated carbocycles. The summed E-state index contributed by atoms with van der Waals surface area (Å²) in [7, 11) is 1.59. The first-order valence-corrected chi connectivity index (χ1v) is 11.1. The van der Waals surface area contributed by atoms with E-state index in [1.54, 1.807) is 42.7 Å². The number of amides is 2. The van der Waals surface area contributed by atoms with E-state index in [1.165, 1.54) is 14.6 Å². The van der Waals surface area contributed by atoms with E-state index in [2.05, 4.69) is 17.0 Å². The number of carbonyl (C=O) groups is 2. The highest BCUT2D eigenvalue weighted by Gasteiger charge is 2.43. The second-order valence-electron chi connectivity index (χ2n) is 7.82. The standard InChI is InChI=1S/C23H23N3O3S/c1-29-17-8-6-16(7-9-17)26-21(27)14-19(23(26)28)25-12-10-15(11-13-25)22-24-18-4-2-3-5-20(18)30-22/h2-9,15,19H,10-14H2,1H3. The van der Waals surface area contributed by atoms with Gasteiger partial charge in [-0.3, -0.25) is 14.5 Å². The lowest BCUT2D eigenvalue weighted by molar-refractivity contribution is -0.123. The molecule has 5 rings (SSSR count). The fourth-order valence-electron chi connectivity index (χ4n) is 4.43. The molecule has 0 aliphatic carbocycles. The highest BCUT2D eigenvalue weighted by molar-refractivity contribution is 7.18. The number of imide groups is 1. The zero-order chi connectivity index (χ0) is 20.7. The molecule has 3 heterocycles. The number of benzene rings is 2. The monoisotopic (exact) mass is 421 g/mol. The molecule has 3 aromatic rings. The molecular formula is C23H23N3O3S. The molecule has 2 aliphatic heterocycles. The molecule has 0 spiro atoms. The molecule has 2 amide bonds. The van der Waals surface area contributed by atoms with E-state index < -0.39 is 0 Å². The van der Waals surface area contributed by atoms with E-state index >= 15 is 0 Å². The molecule has 154 valence electrons. The molecular weight excluding hydrogens is 398 g/mol. The zero-order valence-electron chi connectivity index (χ0n) is 16.8. The van der Waals surface area contributed by atoms with Crippen molar-refractivity contribution in [3.8, 4) is 5.75 Å². The third kappa shape index (κ3) is 3.38. The number of anilines is 1. The van der Waals surface area contributed by atoms with Crippen LogP contribution in [-0.2, 0) is 9.59 Å². The molecule has 0 N–H and O–H groups in total. The van der Waals surface area contributed by atoms with Gasteiger partial charge in [0.05, 0.1) is 40.5 Å². The van der Waals surface area contributed by atoms with Crippen LogP contribution in [0.3, 0.4) is 0 Å². The van der Waals surface area contributed by atoms with Gasteiger partial charge in [-0.25, -0.2) is 9.88 Å². The van der Waals surface area contributed by atoms with Crippen LogP contribution in [0.4, 0.5) is 5.69 Å². The highest BCUT2D eigenvalue weighted by atomic mass is 32.1. The maximum Gasteiger partial charge on any atom is 0.251 e. The Kier molecular flexibility index (Phi) is 5.00. The summed E-state index contributed by atoms with van der Waals surface area (Å²) in [6.45, 7) is 1.61. The number of para-hydroxylation sites is 1. The number of thiazole rings is 1. The molecule has 1 aromatic heterocycles. The summed E-state index contributed by atoms with van der Waals surface area (Å²) in [5.41, 5.74) is 1.67. The van der Waals surface area contributed by atoms with Crippen LogP contribution in [0.15, 0.2) is 48.5 Å². The number of likely N-dealkylation sites (tertiary alicyclic amines) is 1. The number of carbonyl (C=O) groups excluding carboxylic acids is 2. The van der Waals surface area contributed by atoms with E-state index in [4.69, 9.17) is 9.72 Å². The van der Waals surface area contributed by atoms with Crippen molar-refractivity contribution in [2.24, 2.45) is 0 Å². The number of ether oxygens (including phenoxy) is 1. The molecule has 2 aromatic carbocycles. The third-order valence-electron chi connectivity index (χ3n) is 6.08. The van der Waals surface area contributed by atoms with Crippen molar-refractivity contribution in [3.63, 3.8) is 0 Å². The van der Waals surface area contributed by atoms with Gasteiger partial charge >= 0.3 is 0 Å². The number of hydrogen-bond donors (Lipinski definition) is 0. The van der Waals surface area contributed by atoms with Gasteiger partial charge in [-0.1, -0.05) is 12.1 Å². The molecule has 2 fully saturated rings. The maximum atomic E-state index is 13.1. The van der Waals surface area contributed by atoms with Gasteiger partial charge in [0.2, 0.25) is 5.91 Å². The lowest BCUT2D eigenvalue weighted by Crippen LogP contribution is -2.45. The van der Waals surface area contributed by atoms with Crippen molar-refractivity contribution in [1.82, 2.24) is 9.88 Å². The van der Waals surface area contributed by atoms with Gasteiger partial charge in [0, 0.05) is 5.92 Å². The van der Waals surface area contributed by atoms with Crippen LogP contribution in [0.25, 0.3) is 10.2 Å². The third-order valence-corrected chi connectivity index (χ3v) is 7.28. The van der Waals surface area contributed by atoms with Crippen molar-refractivity contribution >= 4 is 39.1 Å². The molecule has 1 atom stereocenters. The van der Waals surface area contributed by atoms with Gasteiger partial charge < -0.3 is 4.74 Å². The van der Waals surface area contributed by atoms with Crippen LogP contribution in [-0.4, -0.2) is 47.9 Å². The van der Waals surface area contributed by atoms with Gasteiger partial charge in [-0.2, -0.15) is 0 Å². The first-order valence-electron chi connectivity index (χ1n) is 10.2. The normalized spacial score (nSPS) is 21.0. The summed E-state index contributed by atoms with van der Waals surface area (Å²) in [5, 5.41) is 1.18. The topological polar surface area (TPSA) is 62.7 Å². The van der Waals surface area contributed by atoms with Crippen molar-refractivity contribution in [3.05, 3.63) is 53.5 Å². The Bertz CT molecular complexity index is 1050. The van der Waals surface area contributed by atoms with Crippen LogP contribution in [0.5, 0.6) is 5.75 Å². The summed E-state index contributed by atoms with van der Waals surface area (Å²) in [4.78, 5) is 34.0. The van der Waals surface area contributed by atoms with E-state index in [0.29, 0.717) is 17.4 Å². The largest absolute Gasteiger partial charge is 0.497 e. The van der Waals surface area contributed by atoms with Crippen LogP contribution < -0.4 is 9.64 Å². The molecule has 30 heavy (non-hydrogen) atoms. The fraction of sp³-hybridized carbons (Fsp3) is 0.348.